The first-order chi connectivity index (χ1) is 9.72. The smallest absolute Gasteiger partial charge is 0.223 e. The molecule has 2 nitrogen and oxygen atoms in total. The van der Waals surface area contributed by atoms with Crippen LogP contribution in [-0.4, -0.2) is 0 Å². The van der Waals surface area contributed by atoms with Gasteiger partial charge in [-0.1, -0.05) is 55.1 Å². The zero-order chi connectivity index (χ0) is 13.7. The van der Waals surface area contributed by atoms with Crippen LogP contribution in [-0.2, 0) is 21.9 Å². The molecule has 0 saturated carbocycles. The maximum atomic E-state index is 6.28. The highest BCUT2D eigenvalue weighted by atomic mass is 16.7. The predicted octanol–water partition coefficient (Wildman–Crippen LogP) is 4.17. The number of hydrogen-bond donors (Lipinski definition) is 0. The molecule has 20 heavy (non-hydrogen) atoms. The van der Waals surface area contributed by atoms with Crippen LogP contribution in [0.3, 0.4) is 0 Å². The molecule has 2 aliphatic rings. The van der Waals surface area contributed by atoms with Crippen molar-refractivity contribution < 1.29 is 9.47 Å². The van der Waals surface area contributed by atoms with Crippen LogP contribution in [0.15, 0.2) is 55.1 Å². The number of rotatable bonds is 0. The van der Waals surface area contributed by atoms with E-state index >= 15 is 0 Å². The lowest BCUT2D eigenvalue weighted by Crippen LogP contribution is -2.35. The Morgan fingerprint density at radius 3 is 2.75 bits per heavy atom. The fourth-order valence-corrected chi connectivity index (χ4v) is 3.26. The zero-order valence-electron chi connectivity index (χ0n) is 11.4. The second-order valence-electron chi connectivity index (χ2n) is 5.39. The Labute approximate surface area is 118 Å². The van der Waals surface area contributed by atoms with E-state index in [0.717, 1.165) is 16.7 Å². The minimum Gasteiger partial charge on any atom is -0.337 e. The van der Waals surface area contributed by atoms with Crippen LogP contribution < -0.4 is 0 Å². The van der Waals surface area contributed by atoms with Gasteiger partial charge in [0.05, 0.1) is 12.7 Å². The van der Waals surface area contributed by atoms with E-state index in [1.165, 1.54) is 11.1 Å². The molecule has 0 radical (unpaired) electrons. The van der Waals surface area contributed by atoms with E-state index in [0.29, 0.717) is 6.61 Å². The first-order valence-corrected chi connectivity index (χ1v) is 6.91. The SMILES string of the molecule is C=C1c2ccccc2C(C)OC12OCc1ccccc12. The van der Waals surface area contributed by atoms with Gasteiger partial charge in [0.1, 0.15) is 0 Å². The molecule has 4 rings (SSSR count). The van der Waals surface area contributed by atoms with Gasteiger partial charge in [0.25, 0.3) is 0 Å². The van der Waals surface area contributed by atoms with Crippen molar-refractivity contribution in [3.63, 3.8) is 0 Å². The van der Waals surface area contributed by atoms with E-state index in [9.17, 15) is 0 Å². The number of ether oxygens (including phenoxy) is 2. The average molecular weight is 264 g/mol. The molecule has 0 amide bonds. The van der Waals surface area contributed by atoms with E-state index in [1.807, 2.05) is 24.3 Å². The molecule has 0 aromatic heterocycles. The van der Waals surface area contributed by atoms with Crippen molar-refractivity contribution in [2.24, 2.45) is 0 Å². The summed E-state index contributed by atoms with van der Waals surface area (Å²) >= 11 is 0. The molecule has 0 fully saturated rings. The van der Waals surface area contributed by atoms with Gasteiger partial charge in [-0.2, -0.15) is 0 Å². The summed E-state index contributed by atoms with van der Waals surface area (Å²) in [5.41, 5.74) is 5.49. The number of benzene rings is 2. The molecular formula is C18H16O2. The molecule has 2 unspecified atom stereocenters. The summed E-state index contributed by atoms with van der Waals surface area (Å²) in [5.74, 6) is -0.815. The highest BCUT2D eigenvalue weighted by Gasteiger charge is 2.48. The summed E-state index contributed by atoms with van der Waals surface area (Å²) in [6.45, 7) is 6.91. The van der Waals surface area contributed by atoms with Crippen molar-refractivity contribution in [3.05, 3.63) is 77.4 Å². The van der Waals surface area contributed by atoms with Crippen LogP contribution in [0.4, 0.5) is 0 Å². The summed E-state index contributed by atoms with van der Waals surface area (Å²) in [7, 11) is 0. The van der Waals surface area contributed by atoms with Gasteiger partial charge in [0.15, 0.2) is 0 Å². The van der Waals surface area contributed by atoms with Gasteiger partial charge in [-0.05, 0) is 23.6 Å². The maximum absolute atomic E-state index is 6.28. The van der Waals surface area contributed by atoms with E-state index in [1.54, 1.807) is 0 Å². The average Bonchev–Trinajstić information content (AvgIpc) is 2.85. The standard InChI is InChI=1S/C18H16O2/c1-12-15-8-4-5-9-16(15)13(2)20-18(12)17-10-6-3-7-14(17)11-19-18/h3-10,13H,1,11H2,2H3. The van der Waals surface area contributed by atoms with Gasteiger partial charge < -0.3 is 9.47 Å². The van der Waals surface area contributed by atoms with Gasteiger partial charge >= 0.3 is 0 Å². The number of fused-ring (bicyclic) bond motifs is 3. The molecule has 0 bridgehead atoms. The second kappa shape index (κ2) is 4.05. The van der Waals surface area contributed by atoms with Crippen molar-refractivity contribution in [3.8, 4) is 0 Å². The summed E-state index contributed by atoms with van der Waals surface area (Å²) in [6, 6.07) is 16.5. The minimum absolute atomic E-state index is 0.0112. The van der Waals surface area contributed by atoms with Crippen LogP contribution in [0.25, 0.3) is 5.57 Å². The fraction of sp³-hybridized carbons (Fsp3) is 0.222. The molecule has 2 heteroatoms. The number of hydrogen-bond acceptors (Lipinski definition) is 2. The Balaban J connectivity index is 1.93. The van der Waals surface area contributed by atoms with Crippen molar-refractivity contribution in [2.45, 2.75) is 25.4 Å². The van der Waals surface area contributed by atoms with Gasteiger partial charge in [0.2, 0.25) is 5.79 Å². The molecule has 2 aliphatic heterocycles. The Kier molecular flexibility index (Phi) is 2.40. The highest BCUT2D eigenvalue weighted by molar-refractivity contribution is 5.76. The van der Waals surface area contributed by atoms with Gasteiger partial charge in [-0.3, -0.25) is 0 Å². The van der Waals surface area contributed by atoms with Crippen molar-refractivity contribution in [1.82, 2.24) is 0 Å². The van der Waals surface area contributed by atoms with Crippen molar-refractivity contribution in [1.29, 1.82) is 0 Å². The van der Waals surface area contributed by atoms with Crippen LogP contribution in [0, 0.1) is 0 Å². The third-order valence-corrected chi connectivity index (χ3v) is 4.27. The monoisotopic (exact) mass is 264 g/mol. The van der Waals surface area contributed by atoms with Crippen molar-refractivity contribution in [2.75, 3.05) is 0 Å². The normalized spacial score (nSPS) is 27.4. The Bertz CT molecular complexity index is 704. The first-order valence-electron chi connectivity index (χ1n) is 6.91. The molecule has 0 saturated heterocycles. The third kappa shape index (κ3) is 1.41. The lowest BCUT2D eigenvalue weighted by atomic mass is 9.85. The quantitative estimate of drug-likeness (QED) is 0.711. The largest absolute Gasteiger partial charge is 0.337 e. The van der Waals surface area contributed by atoms with Crippen LogP contribution in [0.5, 0.6) is 0 Å². The highest BCUT2D eigenvalue weighted by Crippen LogP contribution is 2.52. The zero-order valence-corrected chi connectivity index (χ0v) is 11.4. The maximum Gasteiger partial charge on any atom is 0.223 e. The molecule has 2 atom stereocenters. The van der Waals surface area contributed by atoms with Gasteiger partial charge in [-0.25, -0.2) is 0 Å². The fourth-order valence-electron chi connectivity index (χ4n) is 3.26. The predicted molar refractivity (Wildman–Crippen MR) is 77.9 cm³/mol. The summed E-state index contributed by atoms with van der Waals surface area (Å²) in [5, 5.41) is 0. The molecule has 0 aliphatic carbocycles. The van der Waals surface area contributed by atoms with Crippen LogP contribution in [0.1, 0.15) is 35.3 Å². The molecule has 2 aromatic carbocycles. The Hall–Kier alpha value is -1.90. The molecule has 1 spiro atoms. The lowest BCUT2D eigenvalue weighted by molar-refractivity contribution is -0.224. The molecule has 0 N–H and O–H groups in total. The molecule has 2 heterocycles. The molecular weight excluding hydrogens is 248 g/mol. The van der Waals surface area contributed by atoms with E-state index in [-0.39, 0.29) is 6.10 Å². The van der Waals surface area contributed by atoms with Crippen LogP contribution in [0.2, 0.25) is 0 Å². The Morgan fingerprint density at radius 1 is 1.10 bits per heavy atom. The first kappa shape index (κ1) is 11.9. The van der Waals surface area contributed by atoms with E-state index < -0.39 is 5.79 Å². The summed E-state index contributed by atoms with van der Waals surface area (Å²) in [6.07, 6.45) is -0.0112. The van der Waals surface area contributed by atoms with E-state index in [4.69, 9.17) is 9.47 Å². The third-order valence-electron chi connectivity index (χ3n) is 4.27. The minimum atomic E-state index is -0.815. The topological polar surface area (TPSA) is 18.5 Å². The second-order valence-corrected chi connectivity index (χ2v) is 5.39. The van der Waals surface area contributed by atoms with Crippen LogP contribution >= 0.6 is 0 Å². The summed E-state index contributed by atoms with van der Waals surface area (Å²) < 4.78 is 12.3. The van der Waals surface area contributed by atoms with Gasteiger partial charge in [0, 0.05) is 11.1 Å². The van der Waals surface area contributed by atoms with Crippen molar-refractivity contribution >= 4 is 5.57 Å². The Morgan fingerprint density at radius 2 is 1.85 bits per heavy atom. The lowest BCUT2D eigenvalue weighted by Gasteiger charge is -2.40. The van der Waals surface area contributed by atoms with Gasteiger partial charge in [-0.15, -0.1) is 0 Å². The molecule has 2 aromatic rings. The summed E-state index contributed by atoms with van der Waals surface area (Å²) in [4.78, 5) is 0. The molecule has 100 valence electrons. The van der Waals surface area contributed by atoms with E-state index in [2.05, 4.69) is 37.8 Å².